The van der Waals surface area contributed by atoms with E-state index in [1.165, 1.54) is 18.5 Å². The molecule has 0 spiro atoms. The van der Waals surface area contributed by atoms with Crippen molar-refractivity contribution < 1.29 is 4.74 Å². The summed E-state index contributed by atoms with van der Waals surface area (Å²) in [6.07, 6.45) is 6.76. The molecule has 1 aromatic rings. The fourth-order valence-corrected chi connectivity index (χ4v) is 2.99. The Morgan fingerprint density at radius 1 is 1.42 bits per heavy atom. The molecule has 3 nitrogen and oxygen atoms in total. The van der Waals surface area contributed by atoms with Gasteiger partial charge in [-0.1, -0.05) is 19.9 Å². The third-order valence-corrected chi connectivity index (χ3v) is 3.99. The van der Waals surface area contributed by atoms with Gasteiger partial charge in [0.25, 0.3) is 0 Å². The lowest BCUT2D eigenvalue weighted by Gasteiger charge is -2.28. The highest BCUT2D eigenvalue weighted by atomic mass is 16.5. The molecule has 19 heavy (non-hydrogen) atoms. The molecule has 3 heteroatoms. The summed E-state index contributed by atoms with van der Waals surface area (Å²) in [6.45, 7) is 6.42. The van der Waals surface area contributed by atoms with E-state index in [2.05, 4.69) is 36.3 Å². The topological polar surface area (TPSA) is 34.2 Å². The van der Waals surface area contributed by atoms with Crippen LogP contribution in [0.1, 0.15) is 38.8 Å². The number of hydrogen-bond donors (Lipinski definition) is 1. The average Bonchev–Trinajstić information content (AvgIpc) is 2.93. The van der Waals surface area contributed by atoms with Gasteiger partial charge in [-0.2, -0.15) is 0 Å². The molecule has 1 saturated heterocycles. The molecule has 3 unspecified atom stereocenters. The quantitative estimate of drug-likeness (QED) is 0.820. The fourth-order valence-electron chi connectivity index (χ4n) is 2.99. The number of hydrogen-bond acceptors (Lipinski definition) is 3. The molecule has 0 radical (unpaired) electrons. The van der Waals surface area contributed by atoms with Crippen molar-refractivity contribution in [2.45, 2.75) is 51.7 Å². The lowest BCUT2D eigenvalue weighted by atomic mass is 9.88. The van der Waals surface area contributed by atoms with E-state index in [1.54, 1.807) is 0 Å². The van der Waals surface area contributed by atoms with Crippen LogP contribution in [0.2, 0.25) is 0 Å². The highest BCUT2D eigenvalue weighted by molar-refractivity contribution is 5.06. The molecule has 1 aliphatic heterocycles. The Labute approximate surface area is 116 Å². The Morgan fingerprint density at radius 2 is 2.32 bits per heavy atom. The number of pyridine rings is 1. The Balaban J connectivity index is 2.02. The number of rotatable bonds is 7. The first kappa shape index (κ1) is 14.5. The normalized spacial score (nSPS) is 24.5. The van der Waals surface area contributed by atoms with Gasteiger partial charge in [0.1, 0.15) is 0 Å². The van der Waals surface area contributed by atoms with E-state index in [0.717, 1.165) is 26.0 Å². The van der Waals surface area contributed by atoms with Gasteiger partial charge in [-0.15, -0.1) is 0 Å². The van der Waals surface area contributed by atoms with E-state index in [4.69, 9.17) is 4.74 Å². The summed E-state index contributed by atoms with van der Waals surface area (Å²) in [7, 11) is 0. The summed E-state index contributed by atoms with van der Waals surface area (Å²) in [5.41, 5.74) is 1.18. The average molecular weight is 262 g/mol. The molecule has 0 aliphatic carbocycles. The van der Waals surface area contributed by atoms with Crippen LogP contribution in [0.5, 0.6) is 0 Å². The SMILES string of the molecule is CCCNC(Cc1ccccn1)C1CCOC1CC. The summed E-state index contributed by atoms with van der Waals surface area (Å²) in [5, 5.41) is 3.70. The Hall–Kier alpha value is -0.930. The predicted molar refractivity (Wildman–Crippen MR) is 78.2 cm³/mol. The van der Waals surface area contributed by atoms with E-state index in [1.807, 2.05) is 12.3 Å². The van der Waals surface area contributed by atoms with E-state index in [9.17, 15) is 0 Å². The fraction of sp³-hybridized carbons (Fsp3) is 0.688. The number of nitrogens with one attached hydrogen (secondary N) is 1. The molecule has 0 aromatic carbocycles. The summed E-state index contributed by atoms with van der Waals surface area (Å²) < 4.78 is 5.85. The Kier molecular flexibility index (Phi) is 5.80. The zero-order chi connectivity index (χ0) is 13.5. The van der Waals surface area contributed by atoms with E-state index in [-0.39, 0.29) is 0 Å². The van der Waals surface area contributed by atoms with Crippen LogP contribution >= 0.6 is 0 Å². The monoisotopic (exact) mass is 262 g/mol. The minimum absolute atomic E-state index is 0.415. The van der Waals surface area contributed by atoms with Crippen molar-refractivity contribution in [3.8, 4) is 0 Å². The van der Waals surface area contributed by atoms with Crippen LogP contribution in [-0.2, 0) is 11.2 Å². The first-order chi connectivity index (χ1) is 9.35. The van der Waals surface area contributed by atoms with Crippen LogP contribution in [0.4, 0.5) is 0 Å². The van der Waals surface area contributed by atoms with Crippen molar-refractivity contribution >= 4 is 0 Å². The van der Waals surface area contributed by atoms with Gasteiger partial charge >= 0.3 is 0 Å². The van der Waals surface area contributed by atoms with Gasteiger partial charge in [0.2, 0.25) is 0 Å². The second kappa shape index (κ2) is 7.61. The molecule has 1 N–H and O–H groups in total. The molecule has 1 aromatic heterocycles. The van der Waals surface area contributed by atoms with E-state index >= 15 is 0 Å². The van der Waals surface area contributed by atoms with Crippen LogP contribution in [0, 0.1) is 5.92 Å². The number of ether oxygens (including phenoxy) is 1. The predicted octanol–water partition coefficient (Wildman–Crippen LogP) is 2.81. The highest BCUT2D eigenvalue weighted by Crippen LogP contribution is 2.28. The van der Waals surface area contributed by atoms with Crippen molar-refractivity contribution in [2.24, 2.45) is 5.92 Å². The van der Waals surface area contributed by atoms with E-state index in [0.29, 0.717) is 18.1 Å². The third kappa shape index (κ3) is 4.02. The molecule has 1 aliphatic rings. The molecule has 2 heterocycles. The second-order valence-electron chi connectivity index (χ2n) is 5.36. The molecular formula is C16H26N2O. The first-order valence-electron chi connectivity index (χ1n) is 7.60. The molecule has 0 bridgehead atoms. The molecular weight excluding hydrogens is 236 g/mol. The summed E-state index contributed by atoms with van der Waals surface area (Å²) >= 11 is 0. The van der Waals surface area contributed by atoms with Crippen molar-refractivity contribution in [3.05, 3.63) is 30.1 Å². The van der Waals surface area contributed by atoms with Crippen molar-refractivity contribution in [1.29, 1.82) is 0 Å². The maximum Gasteiger partial charge on any atom is 0.0616 e. The van der Waals surface area contributed by atoms with Crippen LogP contribution in [-0.4, -0.2) is 30.3 Å². The second-order valence-corrected chi connectivity index (χ2v) is 5.36. The zero-order valence-electron chi connectivity index (χ0n) is 12.1. The summed E-state index contributed by atoms with van der Waals surface area (Å²) in [5.74, 6) is 0.624. The highest BCUT2D eigenvalue weighted by Gasteiger charge is 2.33. The van der Waals surface area contributed by atoms with Crippen molar-refractivity contribution in [1.82, 2.24) is 10.3 Å². The molecule has 0 saturated carbocycles. The molecule has 2 rings (SSSR count). The van der Waals surface area contributed by atoms with Gasteiger partial charge in [0, 0.05) is 36.9 Å². The van der Waals surface area contributed by atoms with Crippen molar-refractivity contribution in [3.63, 3.8) is 0 Å². The molecule has 0 amide bonds. The number of nitrogens with zero attached hydrogens (tertiary/aromatic N) is 1. The van der Waals surface area contributed by atoms with E-state index < -0.39 is 0 Å². The lowest BCUT2D eigenvalue weighted by Crippen LogP contribution is -2.42. The standard InChI is InChI=1S/C16H26N2O/c1-3-9-18-15(12-13-7-5-6-10-17-13)14-8-11-19-16(14)4-2/h5-7,10,14-16,18H,3-4,8-9,11-12H2,1-2H3. The van der Waals surface area contributed by atoms with Crippen LogP contribution in [0.3, 0.4) is 0 Å². The largest absolute Gasteiger partial charge is 0.378 e. The van der Waals surface area contributed by atoms with Crippen LogP contribution in [0.15, 0.2) is 24.4 Å². The van der Waals surface area contributed by atoms with Crippen LogP contribution < -0.4 is 5.32 Å². The maximum atomic E-state index is 5.85. The lowest BCUT2D eigenvalue weighted by molar-refractivity contribution is 0.0773. The van der Waals surface area contributed by atoms with Gasteiger partial charge in [0.15, 0.2) is 0 Å². The van der Waals surface area contributed by atoms with Gasteiger partial charge in [-0.25, -0.2) is 0 Å². The Morgan fingerprint density at radius 3 is 3.00 bits per heavy atom. The molecule has 1 fully saturated rings. The minimum Gasteiger partial charge on any atom is -0.378 e. The van der Waals surface area contributed by atoms with Gasteiger partial charge in [-0.3, -0.25) is 4.98 Å². The molecule has 106 valence electrons. The smallest absolute Gasteiger partial charge is 0.0616 e. The summed E-state index contributed by atoms with van der Waals surface area (Å²) in [4.78, 5) is 4.47. The van der Waals surface area contributed by atoms with Crippen molar-refractivity contribution in [2.75, 3.05) is 13.2 Å². The molecule has 3 atom stereocenters. The maximum absolute atomic E-state index is 5.85. The Bertz CT molecular complexity index is 355. The first-order valence-corrected chi connectivity index (χ1v) is 7.60. The van der Waals surface area contributed by atoms with Crippen LogP contribution in [0.25, 0.3) is 0 Å². The van der Waals surface area contributed by atoms with Gasteiger partial charge < -0.3 is 10.1 Å². The van der Waals surface area contributed by atoms with Gasteiger partial charge in [-0.05, 0) is 37.9 Å². The number of aromatic nitrogens is 1. The zero-order valence-corrected chi connectivity index (χ0v) is 12.1. The summed E-state index contributed by atoms with van der Waals surface area (Å²) in [6, 6.07) is 6.66. The minimum atomic E-state index is 0.415. The van der Waals surface area contributed by atoms with Gasteiger partial charge in [0.05, 0.1) is 6.10 Å². The third-order valence-electron chi connectivity index (χ3n) is 3.99.